The molecule has 168 valence electrons. The maximum Gasteiger partial charge on any atom is 0.293 e. The summed E-state index contributed by atoms with van der Waals surface area (Å²) >= 11 is 12.4. The van der Waals surface area contributed by atoms with E-state index in [9.17, 15) is 4.79 Å². The van der Waals surface area contributed by atoms with Crippen LogP contribution in [0.3, 0.4) is 0 Å². The first-order valence-corrected chi connectivity index (χ1v) is 10.6. The number of amides is 1. The fourth-order valence-electron chi connectivity index (χ4n) is 3.14. The number of carbonyl (C=O) groups excluding carboxylic acids is 1. The summed E-state index contributed by atoms with van der Waals surface area (Å²) in [6.07, 6.45) is 1.47. The Balaban J connectivity index is 1.18. The Hall–Kier alpha value is -3.69. The molecule has 0 saturated heterocycles. The van der Waals surface area contributed by atoms with Crippen molar-refractivity contribution in [3.05, 3.63) is 82.0 Å². The molecular weight excluding hydrogens is 471 g/mol. The van der Waals surface area contributed by atoms with Crippen LogP contribution in [0.15, 0.2) is 59.3 Å². The number of aromatic nitrogens is 3. The van der Waals surface area contributed by atoms with Gasteiger partial charge in [0.05, 0.1) is 6.54 Å². The van der Waals surface area contributed by atoms with Crippen molar-refractivity contribution in [3.8, 4) is 17.2 Å². The standard InChI is InChI=1S/C22H16Cl2N4O5/c23-16-2-1-3-17(24)15(16)9-28-11-25-22(27-28)26-21(29)19-7-5-14(33-19)10-30-13-4-6-18-20(8-13)32-12-31-18/h1-8,11H,9-10,12H2,(H,26,27,29). The van der Waals surface area contributed by atoms with E-state index in [1.807, 2.05) is 0 Å². The van der Waals surface area contributed by atoms with Crippen LogP contribution in [0.25, 0.3) is 0 Å². The summed E-state index contributed by atoms with van der Waals surface area (Å²) in [6.45, 7) is 0.637. The van der Waals surface area contributed by atoms with Gasteiger partial charge in [-0.1, -0.05) is 29.3 Å². The molecule has 1 N–H and O–H groups in total. The number of furan rings is 1. The van der Waals surface area contributed by atoms with Crippen LogP contribution in [0.4, 0.5) is 5.95 Å². The van der Waals surface area contributed by atoms with Crippen LogP contribution in [-0.4, -0.2) is 27.5 Å². The van der Waals surface area contributed by atoms with E-state index >= 15 is 0 Å². The summed E-state index contributed by atoms with van der Waals surface area (Å²) in [5.41, 5.74) is 0.710. The molecule has 0 atom stereocenters. The zero-order valence-corrected chi connectivity index (χ0v) is 18.5. The average molecular weight is 487 g/mol. The van der Waals surface area contributed by atoms with Gasteiger partial charge in [0, 0.05) is 21.7 Å². The van der Waals surface area contributed by atoms with Crippen LogP contribution >= 0.6 is 23.2 Å². The Morgan fingerprint density at radius 3 is 2.76 bits per heavy atom. The summed E-state index contributed by atoms with van der Waals surface area (Å²) in [5.74, 6) is 2.10. The number of hydrogen-bond donors (Lipinski definition) is 1. The molecule has 11 heteroatoms. The summed E-state index contributed by atoms with van der Waals surface area (Å²) in [7, 11) is 0. The van der Waals surface area contributed by atoms with Gasteiger partial charge >= 0.3 is 0 Å². The largest absolute Gasteiger partial charge is 0.486 e. The van der Waals surface area contributed by atoms with E-state index in [4.69, 9.17) is 41.8 Å². The molecule has 4 aromatic rings. The SMILES string of the molecule is O=C(Nc1ncn(Cc2c(Cl)cccc2Cl)n1)c1ccc(COc2ccc3c(c2)OCO3)o1. The van der Waals surface area contributed by atoms with Crippen LogP contribution in [0, 0.1) is 0 Å². The average Bonchev–Trinajstić information content (AvgIpc) is 3.55. The lowest BCUT2D eigenvalue weighted by Crippen LogP contribution is -2.12. The highest BCUT2D eigenvalue weighted by atomic mass is 35.5. The van der Waals surface area contributed by atoms with E-state index in [0.717, 1.165) is 0 Å². The van der Waals surface area contributed by atoms with Gasteiger partial charge < -0.3 is 18.6 Å². The third kappa shape index (κ3) is 4.74. The number of nitrogens with one attached hydrogen (secondary N) is 1. The molecule has 2 aromatic carbocycles. The number of rotatable bonds is 7. The number of halogens is 2. The highest BCUT2D eigenvalue weighted by Crippen LogP contribution is 2.35. The van der Waals surface area contributed by atoms with Crippen molar-refractivity contribution in [2.75, 3.05) is 12.1 Å². The van der Waals surface area contributed by atoms with Crippen molar-refractivity contribution in [1.29, 1.82) is 0 Å². The number of ether oxygens (including phenoxy) is 3. The topological polar surface area (TPSA) is 101 Å². The van der Waals surface area contributed by atoms with Crippen LogP contribution in [0.5, 0.6) is 17.2 Å². The summed E-state index contributed by atoms with van der Waals surface area (Å²) in [6, 6.07) is 13.7. The van der Waals surface area contributed by atoms with Crippen LogP contribution in [-0.2, 0) is 13.2 Å². The van der Waals surface area contributed by atoms with Gasteiger partial charge in [0.1, 0.15) is 24.4 Å². The molecular formula is C22H16Cl2N4O5. The van der Waals surface area contributed by atoms with Gasteiger partial charge in [-0.2, -0.15) is 0 Å². The lowest BCUT2D eigenvalue weighted by atomic mass is 10.2. The molecule has 33 heavy (non-hydrogen) atoms. The Morgan fingerprint density at radius 1 is 1.09 bits per heavy atom. The van der Waals surface area contributed by atoms with Gasteiger partial charge in [-0.25, -0.2) is 9.67 Å². The minimum atomic E-state index is -0.488. The van der Waals surface area contributed by atoms with Crippen molar-refractivity contribution >= 4 is 35.1 Å². The first kappa shape index (κ1) is 21.2. The number of fused-ring (bicyclic) bond motifs is 1. The number of anilines is 1. The summed E-state index contributed by atoms with van der Waals surface area (Å²) in [4.78, 5) is 16.6. The smallest absolute Gasteiger partial charge is 0.293 e. The second-order valence-electron chi connectivity index (χ2n) is 6.99. The van der Waals surface area contributed by atoms with Gasteiger partial charge in [-0.3, -0.25) is 10.1 Å². The molecule has 0 spiro atoms. The third-order valence-corrected chi connectivity index (χ3v) is 5.46. The Labute approximate surface area is 197 Å². The molecule has 0 fully saturated rings. The predicted octanol–water partition coefficient (Wildman–Crippen LogP) is 4.79. The summed E-state index contributed by atoms with van der Waals surface area (Å²) < 4.78 is 23.4. The van der Waals surface area contributed by atoms with E-state index in [2.05, 4.69) is 15.4 Å². The number of nitrogens with zero attached hydrogens (tertiary/aromatic N) is 3. The normalized spacial score (nSPS) is 12.1. The van der Waals surface area contributed by atoms with Crippen molar-refractivity contribution in [2.24, 2.45) is 0 Å². The van der Waals surface area contributed by atoms with Gasteiger partial charge in [-0.15, -0.1) is 5.10 Å². The highest BCUT2D eigenvalue weighted by Gasteiger charge is 2.16. The first-order valence-electron chi connectivity index (χ1n) is 9.80. The van der Waals surface area contributed by atoms with Crippen LogP contribution in [0.2, 0.25) is 10.0 Å². The maximum absolute atomic E-state index is 12.5. The minimum Gasteiger partial charge on any atom is -0.486 e. The van der Waals surface area contributed by atoms with E-state index in [1.165, 1.54) is 11.0 Å². The molecule has 1 aliphatic heterocycles. The number of hydrogen-bond acceptors (Lipinski definition) is 7. The zero-order valence-electron chi connectivity index (χ0n) is 17.0. The molecule has 2 aromatic heterocycles. The lowest BCUT2D eigenvalue weighted by molar-refractivity contribution is 0.0991. The van der Waals surface area contributed by atoms with Gasteiger partial charge in [-0.05, 0) is 36.4 Å². The molecule has 0 unspecified atom stereocenters. The Kier molecular flexibility index (Phi) is 5.80. The molecule has 0 radical (unpaired) electrons. The van der Waals surface area contributed by atoms with Crippen molar-refractivity contribution in [3.63, 3.8) is 0 Å². The quantitative estimate of drug-likeness (QED) is 0.400. The molecule has 1 amide bonds. The van der Waals surface area contributed by atoms with E-state index in [1.54, 1.807) is 48.5 Å². The lowest BCUT2D eigenvalue weighted by Gasteiger charge is -2.06. The van der Waals surface area contributed by atoms with Gasteiger partial charge in [0.25, 0.3) is 5.91 Å². The van der Waals surface area contributed by atoms with Crippen LogP contribution in [0.1, 0.15) is 21.9 Å². The highest BCUT2D eigenvalue weighted by molar-refractivity contribution is 6.35. The molecule has 0 saturated carbocycles. The van der Waals surface area contributed by atoms with Gasteiger partial charge in [0.15, 0.2) is 17.3 Å². The summed E-state index contributed by atoms with van der Waals surface area (Å²) in [5, 5.41) is 7.87. The monoisotopic (exact) mass is 486 g/mol. The molecule has 5 rings (SSSR count). The van der Waals surface area contributed by atoms with Crippen molar-refractivity contribution < 1.29 is 23.4 Å². The fourth-order valence-corrected chi connectivity index (χ4v) is 3.65. The van der Waals surface area contributed by atoms with E-state index in [-0.39, 0.29) is 25.1 Å². The molecule has 0 aliphatic carbocycles. The number of benzene rings is 2. The first-order chi connectivity index (χ1) is 16.0. The molecule has 9 nitrogen and oxygen atoms in total. The predicted molar refractivity (Wildman–Crippen MR) is 119 cm³/mol. The minimum absolute atomic E-state index is 0.102. The molecule has 3 heterocycles. The second-order valence-corrected chi connectivity index (χ2v) is 7.80. The van der Waals surface area contributed by atoms with E-state index in [0.29, 0.717) is 45.2 Å². The Morgan fingerprint density at radius 2 is 1.91 bits per heavy atom. The van der Waals surface area contributed by atoms with Crippen LogP contribution < -0.4 is 19.5 Å². The Bertz CT molecular complexity index is 1300. The van der Waals surface area contributed by atoms with Crippen molar-refractivity contribution in [2.45, 2.75) is 13.2 Å². The van der Waals surface area contributed by atoms with Crippen molar-refractivity contribution in [1.82, 2.24) is 14.8 Å². The maximum atomic E-state index is 12.5. The van der Waals surface area contributed by atoms with E-state index < -0.39 is 5.91 Å². The van der Waals surface area contributed by atoms with Gasteiger partial charge in [0.2, 0.25) is 12.7 Å². The number of carbonyl (C=O) groups is 1. The molecule has 1 aliphatic rings. The zero-order chi connectivity index (χ0) is 22.8. The fraction of sp³-hybridized carbons (Fsp3) is 0.136. The third-order valence-electron chi connectivity index (χ3n) is 4.75. The second kappa shape index (κ2) is 9.05. The molecule has 0 bridgehead atoms.